The number of carboxylic acids is 1. The van der Waals surface area contributed by atoms with E-state index < -0.39 is 63.8 Å². The number of carbonyl (C=O) groups is 3. The summed E-state index contributed by atoms with van der Waals surface area (Å²) in [7, 11) is -4.77. The topological polar surface area (TPSA) is 192 Å². The number of rotatable bonds is 40. The number of aliphatic hydroxyl groups excluding tert-OH is 1. The fraction of sp³-hybridized carbons (Fsp3) is 0.540. The number of aliphatic carboxylic acids is 1. The number of nitrogens with two attached hydrogens (primary N) is 1. The van der Waals surface area contributed by atoms with Gasteiger partial charge < -0.3 is 30.3 Å². The maximum absolute atomic E-state index is 12.6. The Bertz CT molecular complexity index is 1540. The molecule has 0 aliphatic heterocycles. The van der Waals surface area contributed by atoms with Gasteiger partial charge >= 0.3 is 25.7 Å². The molecule has 0 rings (SSSR count). The average molecular weight is 900 g/mol. The number of phosphoric acid groups is 1. The summed E-state index contributed by atoms with van der Waals surface area (Å²) in [4.78, 5) is 46.0. The van der Waals surface area contributed by atoms with Gasteiger partial charge in [0.15, 0.2) is 6.10 Å². The van der Waals surface area contributed by atoms with Crippen LogP contribution in [0.5, 0.6) is 0 Å². The van der Waals surface area contributed by atoms with Gasteiger partial charge in [0.25, 0.3) is 0 Å². The number of carboxylic acid groups (broad SMARTS) is 1. The second-order valence-electron chi connectivity index (χ2n) is 14.6. The van der Waals surface area contributed by atoms with Crippen LogP contribution in [-0.4, -0.2) is 71.1 Å². The lowest BCUT2D eigenvalue weighted by Gasteiger charge is -2.20. The van der Waals surface area contributed by atoms with Gasteiger partial charge in [0.05, 0.1) is 19.3 Å². The SMILES string of the molecule is CC/C=C\C/C=C\CC(O)/C=C/C=C\C/C=C\C/C=C\CCC(=O)O[C@H](COC(=O)CCCCC/C=C\C/C=C\C/C=C\C/C=C\CCCCC)COP(=O)(O)OC[C@H](N)C(=O)O. The van der Waals surface area contributed by atoms with E-state index in [9.17, 15) is 28.9 Å². The highest BCUT2D eigenvalue weighted by Crippen LogP contribution is 2.43. The fourth-order valence-corrected chi connectivity index (χ4v) is 5.99. The fourth-order valence-electron chi connectivity index (χ4n) is 5.21. The van der Waals surface area contributed by atoms with Crippen molar-refractivity contribution in [3.8, 4) is 0 Å². The summed E-state index contributed by atoms with van der Waals surface area (Å²) < 4.78 is 32.6. The molecular weight excluding hydrogens is 822 g/mol. The number of hydrogen-bond acceptors (Lipinski definition) is 10. The smallest absolute Gasteiger partial charge is 0.472 e. The third-order valence-electron chi connectivity index (χ3n) is 8.79. The summed E-state index contributed by atoms with van der Waals surface area (Å²) in [6, 6.07) is -1.55. The third kappa shape index (κ3) is 42.9. The predicted molar refractivity (Wildman–Crippen MR) is 255 cm³/mol. The van der Waals surface area contributed by atoms with Gasteiger partial charge in [-0.2, -0.15) is 0 Å². The van der Waals surface area contributed by atoms with Crippen molar-refractivity contribution in [2.24, 2.45) is 5.73 Å². The van der Waals surface area contributed by atoms with Gasteiger partial charge in [0, 0.05) is 12.8 Å². The van der Waals surface area contributed by atoms with Crippen molar-refractivity contribution in [1.29, 1.82) is 0 Å². The zero-order chi connectivity index (χ0) is 46.5. The maximum Gasteiger partial charge on any atom is 0.472 e. The Kier molecular flexibility index (Phi) is 40.3. The van der Waals surface area contributed by atoms with Crippen LogP contribution < -0.4 is 5.73 Å². The monoisotopic (exact) mass is 900 g/mol. The second kappa shape index (κ2) is 43.1. The van der Waals surface area contributed by atoms with Gasteiger partial charge in [-0.15, -0.1) is 0 Å². The summed E-state index contributed by atoms with van der Waals surface area (Å²) in [5, 5.41) is 18.9. The molecule has 0 bridgehead atoms. The van der Waals surface area contributed by atoms with Crippen molar-refractivity contribution in [2.45, 2.75) is 154 Å². The van der Waals surface area contributed by atoms with E-state index in [1.807, 2.05) is 54.7 Å². The highest BCUT2D eigenvalue weighted by molar-refractivity contribution is 7.47. The predicted octanol–water partition coefficient (Wildman–Crippen LogP) is 11.4. The van der Waals surface area contributed by atoms with Crippen LogP contribution in [0.25, 0.3) is 0 Å². The number of hydrogen-bond donors (Lipinski definition) is 4. The second-order valence-corrected chi connectivity index (χ2v) is 16.1. The third-order valence-corrected chi connectivity index (χ3v) is 9.74. The molecule has 0 aliphatic rings. The van der Waals surface area contributed by atoms with Crippen LogP contribution in [0.2, 0.25) is 0 Å². The number of phosphoric ester groups is 1. The Morgan fingerprint density at radius 1 is 0.587 bits per heavy atom. The van der Waals surface area contributed by atoms with Crippen LogP contribution in [-0.2, 0) is 37.5 Å². The highest BCUT2D eigenvalue weighted by atomic mass is 31.2. The van der Waals surface area contributed by atoms with E-state index in [-0.39, 0.29) is 12.8 Å². The summed E-state index contributed by atoms with van der Waals surface area (Å²) in [6.45, 7) is 2.45. The molecule has 0 aliphatic carbocycles. The van der Waals surface area contributed by atoms with Crippen LogP contribution in [0.1, 0.15) is 136 Å². The van der Waals surface area contributed by atoms with Crippen molar-refractivity contribution in [3.63, 3.8) is 0 Å². The molecule has 0 spiro atoms. The van der Waals surface area contributed by atoms with Gasteiger partial charge in [-0.05, 0) is 89.9 Å². The van der Waals surface area contributed by atoms with E-state index in [1.165, 1.54) is 19.3 Å². The van der Waals surface area contributed by atoms with Crippen LogP contribution >= 0.6 is 7.82 Å². The lowest BCUT2D eigenvalue weighted by atomic mass is 10.1. The first kappa shape index (κ1) is 58.8. The highest BCUT2D eigenvalue weighted by Gasteiger charge is 2.28. The van der Waals surface area contributed by atoms with Crippen LogP contribution in [0.15, 0.2) is 122 Å². The molecule has 0 radical (unpaired) electrons. The van der Waals surface area contributed by atoms with Gasteiger partial charge in [0.1, 0.15) is 12.6 Å². The lowest BCUT2D eigenvalue weighted by Crippen LogP contribution is -2.34. The molecule has 12 nitrogen and oxygen atoms in total. The number of unbranched alkanes of at least 4 members (excludes halogenated alkanes) is 6. The van der Waals surface area contributed by atoms with Crippen LogP contribution in [0, 0.1) is 0 Å². The molecular formula is C50H78NO11P. The number of ether oxygens (including phenoxy) is 2. The summed E-state index contributed by atoms with van der Waals surface area (Å²) >= 11 is 0. The van der Waals surface area contributed by atoms with Crippen molar-refractivity contribution >= 4 is 25.7 Å². The normalized spacial score (nSPS) is 15.3. The van der Waals surface area contributed by atoms with Gasteiger partial charge in [-0.3, -0.25) is 23.4 Å². The number of aliphatic hydroxyl groups is 1. The lowest BCUT2D eigenvalue weighted by molar-refractivity contribution is -0.161. The molecule has 0 aromatic heterocycles. The van der Waals surface area contributed by atoms with E-state index in [2.05, 4.69) is 79.1 Å². The Morgan fingerprint density at radius 2 is 1.11 bits per heavy atom. The van der Waals surface area contributed by atoms with E-state index in [4.69, 9.17) is 24.8 Å². The minimum absolute atomic E-state index is 0.00251. The molecule has 0 amide bonds. The number of esters is 2. The Labute approximate surface area is 378 Å². The molecule has 0 saturated carbocycles. The number of carbonyl (C=O) groups excluding carboxylic acids is 2. The molecule has 0 aromatic rings. The first-order valence-corrected chi connectivity index (χ1v) is 24.2. The summed E-state index contributed by atoms with van der Waals surface area (Å²) in [5.41, 5.74) is 5.33. The van der Waals surface area contributed by atoms with Crippen molar-refractivity contribution in [1.82, 2.24) is 0 Å². The van der Waals surface area contributed by atoms with Crippen LogP contribution in [0.4, 0.5) is 0 Å². The van der Waals surface area contributed by atoms with Crippen molar-refractivity contribution < 1.29 is 52.6 Å². The largest absolute Gasteiger partial charge is 0.480 e. The first-order chi connectivity index (χ1) is 30.5. The Hall–Kier alpha value is -4.16. The van der Waals surface area contributed by atoms with Gasteiger partial charge in [0.2, 0.25) is 0 Å². The van der Waals surface area contributed by atoms with Gasteiger partial charge in [-0.25, -0.2) is 4.57 Å². The molecule has 0 aromatic carbocycles. The number of allylic oxidation sites excluding steroid dienone is 18. The standard InChI is InChI=1S/C50H78NO11P/c1-3-5-7-9-11-12-13-14-15-16-17-18-19-20-21-25-28-32-36-40-48(53)59-42-46(43-60-63(57,58)61-44-47(51)50(55)56)62-49(54)41-37-33-29-26-23-22-24-27-31-35-39-45(52)38-34-30-10-8-6-4-2/h6,8,11-12,14-15,17-18,20-23,27,29-31,33-35,39,45-47,52H,3-5,7,9-10,13,16,19,24-26,28,32,36-38,40-44,51H2,1-2H3,(H,55,56)(H,57,58)/b8-6-,12-11-,15-14-,18-17-,21-20-,23-22-,31-27-,33-29-,34-30-,39-35+/t45?,46-,47+/m1/s1. The molecule has 2 unspecified atom stereocenters. The minimum Gasteiger partial charge on any atom is -0.480 e. The van der Waals surface area contributed by atoms with E-state index in [0.717, 1.165) is 64.2 Å². The molecule has 354 valence electrons. The molecule has 0 saturated heterocycles. The van der Waals surface area contributed by atoms with Gasteiger partial charge in [-0.1, -0.05) is 155 Å². The van der Waals surface area contributed by atoms with Crippen molar-refractivity contribution in [2.75, 3.05) is 19.8 Å². The average Bonchev–Trinajstić information content (AvgIpc) is 3.26. The zero-order valence-electron chi connectivity index (χ0n) is 38.0. The summed E-state index contributed by atoms with van der Waals surface area (Å²) in [5.74, 6) is -2.58. The van der Waals surface area contributed by atoms with E-state index in [0.29, 0.717) is 25.7 Å². The molecule has 13 heteroatoms. The summed E-state index contributed by atoms with van der Waals surface area (Å²) in [6.07, 6.45) is 54.5. The molecule has 4 atom stereocenters. The quantitative estimate of drug-likeness (QED) is 0.0150. The maximum atomic E-state index is 12.6. The minimum atomic E-state index is -4.77. The van der Waals surface area contributed by atoms with Crippen LogP contribution in [0.3, 0.4) is 0 Å². The molecule has 0 fully saturated rings. The molecule has 63 heavy (non-hydrogen) atoms. The molecule has 0 heterocycles. The zero-order valence-corrected chi connectivity index (χ0v) is 38.9. The van der Waals surface area contributed by atoms with E-state index in [1.54, 1.807) is 6.08 Å². The molecule has 5 N–H and O–H groups in total. The van der Waals surface area contributed by atoms with E-state index >= 15 is 0 Å². The Morgan fingerprint density at radius 3 is 1.70 bits per heavy atom. The Balaban J connectivity index is 4.61. The first-order valence-electron chi connectivity index (χ1n) is 22.7. The van der Waals surface area contributed by atoms with Crippen molar-refractivity contribution in [3.05, 3.63) is 122 Å².